The predicted octanol–water partition coefficient (Wildman–Crippen LogP) is 1.36. The lowest BCUT2D eigenvalue weighted by molar-refractivity contribution is -0.118. The quantitative estimate of drug-likeness (QED) is 0.599. The van der Waals surface area contributed by atoms with Crippen LogP contribution in [-0.4, -0.2) is 16.8 Å². The summed E-state index contributed by atoms with van der Waals surface area (Å²) < 4.78 is 20.1. The number of rotatable bonds is 4. The first-order valence-corrected chi connectivity index (χ1v) is 5.13. The van der Waals surface area contributed by atoms with Crippen LogP contribution in [0.25, 0.3) is 0 Å². The third kappa shape index (κ3) is 4.04. The largest absolute Gasteiger partial charge is 0.332 e. The molecule has 0 aliphatic carbocycles. The van der Waals surface area contributed by atoms with Crippen molar-refractivity contribution < 1.29 is 13.9 Å². The van der Waals surface area contributed by atoms with Gasteiger partial charge >= 0.3 is 0 Å². The van der Waals surface area contributed by atoms with Gasteiger partial charge in [0.05, 0.1) is 5.33 Å². The SMILES string of the molecule is O=PC(NC(=O)CBr)P=O. The number of nitrogens with one attached hydrogen (secondary N) is 1. The van der Waals surface area contributed by atoms with Crippen LogP contribution in [0.5, 0.6) is 0 Å². The molecule has 0 fully saturated rings. The molecule has 0 spiro atoms. The number of hydrogen-bond acceptors (Lipinski definition) is 3. The molecule has 0 aromatic heterocycles. The van der Waals surface area contributed by atoms with Crippen LogP contribution in [0.15, 0.2) is 0 Å². The van der Waals surface area contributed by atoms with Crippen molar-refractivity contribution in [3.8, 4) is 0 Å². The molecule has 1 N–H and O–H groups in total. The standard InChI is InChI=1S/C3H4BrNO3P2/c4-1-2(6)5-3(9-7)10-8/h3H,1H2,(H,5,6). The first-order chi connectivity index (χ1) is 4.74. The lowest BCUT2D eigenvalue weighted by atomic mass is 10.7. The Balaban J connectivity index is 3.73. The summed E-state index contributed by atoms with van der Waals surface area (Å²) in [7, 11) is -0.697. The molecule has 7 heteroatoms. The Morgan fingerprint density at radius 2 is 2.00 bits per heavy atom. The van der Waals surface area contributed by atoms with E-state index in [0.717, 1.165) is 0 Å². The second kappa shape index (κ2) is 5.90. The maximum absolute atomic E-state index is 10.5. The molecule has 0 rings (SSSR count). The number of halogens is 1. The van der Waals surface area contributed by atoms with E-state index in [-0.39, 0.29) is 28.2 Å². The molecule has 0 aromatic rings. The van der Waals surface area contributed by atoms with Gasteiger partial charge in [0.1, 0.15) is 0 Å². The summed E-state index contributed by atoms with van der Waals surface area (Å²) in [5.74, 6) is -0.336. The minimum Gasteiger partial charge on any atom is -0.332 e. The van der Waals surface area contributed by atoms with Crippen LogP contribution >= 0.6 is 32.9 Å². The highest BCUT2D eigenvalue weighted by atomic mass is 79.9. The maximum Gasteiger partial charge on any atom is 0.232 e. The minimum atomic E-state index is -0.815. The van der Waals surface area contributed by atoms with E-state index in [1.807, 2.05) is 0 Å². The van der Waals surface area contributed by atoms with Gasteiger partial charge in [0, 0.05) is 0 Å². The van der Waals surface area contributed by atoms with Gasteiger partial charge in [0.2, 0.25) is 5.91 Å². The van der Waals surface area contributed by atoms with Crippen molar-refractivity contribution >= 4 is 38.8 Å². The Morgan fingerprint density at radius 3 is 2.30 bits per heavy atom. The topological polar surface area (TPSA) is 63.2 Å². The number of alkyl halides is 1. The summed E-state index contributed by atoms with van der Waals surface area (Å²) in [6.45, 7) is 0. The maximum atomic E-state index is 10.5. The van der Waals surface area contributed by atoms with Gasteiger partial charge in [-0.1, -0.05) is 15.9 Å². The summed E-state index contributed by atoms with van der Waals surface area (Å²) in [6.07, 6.45) is 0. The van der Waals surface area contributed by atoms with Gasteiger partial charge in [-0.3, -0.25) is 13.9 Å². The van der Waals surface area contributed by atoms with E-state index < -0.39 is 5.52 Å². The second-order valence-corrected chi connectivity index (χ2v) is 3.71. The van der Waals surface area contributed by atoms with Gasteiger partial charge < -0.3 is 5.32 Å². The van der Waals surface area contributed by atoms with E-state index in [2.05, 4.69) is 21.2 Å². The lowest BCUT2D eigenvalue weighted by Gasteiger charge is -1.99. The summed E-state index contributed by atoms with van der Waals surface area (Å²) in [5.41, 5.74) is -0.815. The van der Waals surface area contributed by atoms with Gasteiger partial charge in [-0.2, -0.15) is 0 Å². The Labute approximate surface area is 69.3 Å². The average molecular weight is 244 g/mol. The van der Waals surface area contributed by atoms with Gasteiger partial charge in [-0.15, -0.1) is 0 Å². The van der Waals surface area contributed by atoms with E-state index >= 15 is 0 Å². The van der Waals surface area contributed by atoms with Crippen molar-refractivity contribution in [2.75, 3.05) is 5.33 Å². The fourth-order valence-electron chi connectivity index (χ4n) is 0.255. The van der Waals surface area contributed by atoms with Crippen molar-refractivity contribution in [3.05, 3.63) is 0 Å². The van der Waals surface area contributed by atoms with Crippen LogP contribution in [0.1, 0.15) is 0 Å². The molecule has 0 bridgehead atoms. The van der Waals surface area contributed by atoms with Gasteiger partial charge in [-0.25, -0.2) is 0 Å². The fourth-order valence-corrected chi connectivity index (χ4v) is 0.964. The molecule has 0 aromatic carbocycles. The van der Waals surface area contributed by atoms with Gasteiger partial charge in [0.25, 0.3) is 0 Å². The zero-order valence-corrected chi connectivity index (χ0v) is 8.16. The van der Waals surface area contributed by atoms with Crippen LogP contribution < -0.4 is 5.32 Å². The predicted molar refractivity (Wildman–Crippen MR) is 40.9 cm³/mol. The Bertz CT molecular complexity index is 145. The first kappa shape index (κ1) is 10.2. The van der Waals surface area contributed by atoms with Crippen molar-refractivity contribution in [2.24, 2.45) is 0 Å². The summed E-state index contributed by atoms with van der Waals surface area (Å²) in [4.78, 5) is 10.5. The van der Waals surface area contributed by atoms with Crippen molar-refractivity contribution in [3.63, 3.8) is 0 Å². The van der Waals surface area contributed by atoms with Crippen LogP contribution in [0.2, 0.25) is 0 Å². The minimum absolute atomic E-state index is 0.120. The van der Waals surface area contributed by atoms with E-state index in [0.29, 0.717) is 0 Å². The van der Waals surface area contributed by atoms with Crippen molar-refractivity contribution in [2.45, 2.75) is 5.52 Å². The highest BCUT2D eigenvalue weighted by Gasteiger charge is 2.09. The molecule has 10 heavy (non-hydrogen) atoms. The number of amides is 1. The highest BCUT2D eigenvalue weighted by Crippen LogP contribution is 2.14. The first-order valence-electron chi connectivity index (χ1n) is 2.25. The van der Waals surface area contributed by atoms with Crippen molar-refractivity contribution in [1.29, 1.82) is 0 Å². The van der Waals surface area contributed by atoms with E-state index in [4.69, 9.17) is 0 Å². The van der Waals surface area contributed by atoms with Gasteiger partial charge in [0.15, 0.2) is 22.4 Å². The molecule has 0 unspecified atom stereocenters. The van der Waals surface area contributed by atoms with Crippen LogP contribution in [-0.2, 0) is 13.9 Å². The molecule has 4 nitrogen and oxygen atoms in total. The summed E-state index contributed by atoms with van der Waals surface area (Å²) in [6, 6.07) is 0. The molecule has 0 atom stereocenters. The normalized spacial score (nSPS) is 13.3. The average Bonchev–Trinajstić information content (AvgIpc) is 1.99. The molecular formula is C3H4BrNO3P2. The molecule has 1 amide bonds. The monoisotopic (exact) mass is 243 g/mol. The summed E-state index contributed by atoms with van der Waals surface area (Å²) >= 11 is 2.88. The molecule has 0 heterocycles. The molecule has 0 aliphatic heterocycles. The molecule has 0 saturated carbocycles. The van der Waals surface area contributed by atoms with Crippen LogP contribution in [0.4, 0.5) is 0 Å². The zero-order chi connectivity index (χ0) is 7.98. The second-order valence-electron chi connectivity index (χ2n) is 1.29. The molecule has 56 valence electrons. The highest BCUT2D eigenvalue weighted by molar-refractivity contribution is 9.09. The third-order valence-corrected chi connectivity index (χ3v) is 2.34. The van der Waals surface area contributed by atoms with Crippen molar-refractivity contribution in [1.82, 2.24) is 5.32 Å². The number of carbonyl (C=O) groups excluding carboxylic acids is 1. The summed E-state index contributed by atoms with van der Waals surface area (Å²) in [5, 5.41) is 2.35. The molecule has 0 saturated heterocycles. The fraction of sp³-hybridized carbons (Fsp3) is 0.667. The molecule has 0 radical (unpaired) electrons. The molecular weight excluding hydrogens is 240 g/mol. The Morgan fingerprint density at radius 1 is 1.50 bits per heavy atom. The van der Waals surface area contributed by atoms with E-state index in [1.54, 1.807) is 0 Å². The van der Waals surface area contributed by atoms with Crippen LogP contribution in [0.3, 0.4) is 0 Å². The van der Waals surface area contributed by atoms with Gasteiger partial charge in [-0.05, 0) is 0 Å². The van der Waals surface area contributed by atoms with E-state index in [1.165, 1.54) is 0 Å². The molecule has 0 aliphatic rings. The Hall–Kier alpha value is 0.150. The van der Waals surface area contributed by atoms with E-state index in [9.17, 15) is 13.9 Å². The third-order valence-electron chi connectivity index (χ3n) is 0.611. The lowest BCUT2D eigenvalue weighted by Crippen LogP contribution is -2.27. The van der Waals surface area contributed by atoms with Crippen LogP contribution in [0, 0.1) is 0 Å². The smallest absolute Gasteiger partial charge is 0.232 e. The number of hydrogen-bond donors (Lipinski definition) is 1. The Kier molecular flexibility index (Phi) is 5.99. The zero-order valence-electron chi connectivity index (χ0n) is 4.78. The number of carbonyl (C=O) groups is 1.